The minimum atomic E-state index is -1.02. The zero-order valence-electron chi connectivity index (χ0n) is 12.1. The number of carboxylic acid groups (broad SMARTS) is 1. The molecule has 6 heteroatoms. The molecule has 1 aromatic rings. The molecule has 0 bridgehead atoms. The first-order valence-electron chi connectivity index (χ1n) is 6.67. The topological polar surface area (TPSA) is 87.7 Å². The van der Waals surface area contributed by atoms with E-state index in [4.69, 9.17) is 9.84 Å². The molecule has 0 spiro atoms. The van der Waals surface area contributed by atoms with E-state index in [1.54, 1.807) is 24.3 Å². The Morgan fingerprint density at radius 3 is 2.86 bits per heavy atom. The number of carbonyl (C=O) groups excluding carboxylic acids is 1. The highest BCUT2D eigenvalue weighted by Crippen LogP contribution is 2.12. The summed E-state index contributed by atoms with van der Waals surface area (Å²) in [4.78, 5) is 22.2. The number of rotatable bonds is 7. The second-order valence-electron chi connectivity index (χ2n) is 4.46. The van der Waals surface area contributed by atoms with Gasteiger partial charge in [-0.2, -0.15) is 0 Å². The molecule has 0 fully saturated rings. The van der Waals surface area contributed by atoms with Gasteiger partial charge in [-0.15, -0.1) is 0 Å². The highest BCUT2D eigenvalue weighted by Gasteiger charge is 2.07. The molecule has 0 aliphatic rings. The van der Waals surface area contributed by atoms with Crippen molar-refractivity contribution in [2.75, 3.05) is 18.5 Å². The molecule has 0 aliphatic carbocycles. The molecule has 1 unspecified atom stereocenters. The van der Waals surface area contributed by atoms with Gasteiger partial charge in [-0.1, -0.05) is 12.1 Å². The Kier molecular flexibility index (Phi) is 6.97. The third kappa shape index (κ3) is 7.12. The van der Waals surface area contributed by atoms with Crippen LogP contribution in [-0.4, -0.2) is 36.4 Å². The molecular formula is C15H20N2O4. The summed E-state index contributed by atoms with van der Waals surface area (Å²) in [6, 6.07) is 6.47. The van der Waals surface area contributed by atoms with Crippen LogP contribution in [0.25, 0.3) is 6.08 Å². The molecule has 0 saturated heterocycles. The Hall–Kier alpha value is -2.34. The van der Waals surface area contributed by atoms with E-state index in [0.29, 0.717) is 24.5 Å². The van der Waals surface area contributed by atoms with E-state index in [2.05, 4.69) is 10.6 Å². The molecule has 1 atom stereocenters. The summed E-state index contributed by atoms with van der Waals surface area (Å²) in [7, 11) is 0. The maximum absolute atomic E-state index is 11.8. The SMILES string of the molecule is CCOCC(C)NC(=O)Nc1cccc(/C=C/C(=O)O)c1. The largest absolute Gasteiger partial charge is 0.478 e. The molecule has 0 heterocycles. The minimum absolute atomic E-state index is 0.0972. The number of urea groups is 1. The Bertz CT molecular complexity index is 514. The third-order valence-electron chi connectivity index (χ3n) is 2.51. The lowest BCUT2D eigenvalue weighted by molar-refractivity contribution is -0.131. The summed E-state index contributed by atoms with van der Waals surface area (Å²) in [5, 5.41) is 14.0. The molecule has 0 radical (unpaired) electrons. The van der Waals surface area contributed by atoms with Gasteiger partial charge in [0.05, 0.1) is 12.6 Å². The number of aliphatic carboxylic acids is 1. The third-order valence-corrected chi connectivity index (χ3v) is 2.51. The maximum Gasteiger partial charge on any atom is 0.328 e. The maximum atomic E-state index is 11.8. The van der Waals surface area contributed by atoms with Gasteiger partial charge in [-0.05, 0) is 37.6 Å². The summed E-state index contributed by atoms with van der Waals surface area (Å²) in [5.41, 5.74) is 1.28. The Labute approximate surface area is 123 Å². The molecule has 1 rings (SSSR count). The van der Waals surface area contributed by atoms with Crippen molar-refractivity contribution in [3.63, 3.8) is 0 Å². The summed E-state index contributed by atoms with van der Waals surface area (Å²) in [5.74, 6) is -1.02. The summed E-state index contributed by atoms with van der Waals surface area (Å²) in [6.07, 6.45) is 2.51. The average molecular weight is 292 g/mol. The molecule has 6 nitrogen and oxygen atoms in total. The van der Waals surface area contributed by atoms with Gasteiger partial charge in [0.15, 0.2) is 0 Å². The van der Waals surface area contributed by atoms with Crippen molar-refractivity contribution in [1.29, 1.82) is 0 Å². The molecule has 0 saturated carbocycles. The van der Waals surface area contributed by atoms with Crippen molar-refractivity contribution in [2.24, 2.45) is 0 Å². The molecule has 114 valence electrons. The van der Waals surface area contributed by atoms with Crippen molar-refractivity contribution in [3.05, 3.63) is 35.9 Å². The normalized spacial score (nSPS) is 12.1. The van der Waals surface area contributed by atoms with Crippen molar-refractivity contribution in [2.45, 2.75) is 19.9 Å². The predicted molar refractivity (Wildman–Crippen MR) is 81.2 cm³/mol. The first-order valence-corrected chi connectivity index (χ1v) is 6.67. The second kappa shape index (κ2) is 8.76. The van der Waals surface area contributed by atoms with Crippen LogP contribution in [0.15, 0.2) is 30.3 Å². The first kappa shape index (κ1) is 16.7. The standard InChI is InChI=1S/C15H20N2O4/c1-3-21-10-11(2)16-15(20)17-13-6-4-5-12(9-13)7-8-14(18)19/h4-9,11H,3,10H2,1-2H3,(H,18,19)(H2,16,17,20)/b8-7+. The average Bonchev–Trinajstić information content (AvgIpc) is 2.43. The number of carboxylic acids is 1. The van der Waals surface area contributed by atoms with Gasteiger partial charge in [-0.3, -0.25) is 0 Å². The summed E-state index contributed by atoms with van der Waals surface area (Å²) < 4.78 is 5.21. The van der Waals surface area contributed by atoms with Crippen LogP contribution < -0.4 is 10.6 Å². The van der Waals surface area contributed by atoms with Gasteiger partial charge in [0, 0.05) is 18.4 Å². The van der Waals surface area contributed by atoms with Crippen LogP contribution in [0.3, 0.4) is 0 Å². The molecule has 2 amide bonds. The van der Waals surface area contributed by atoms with Crippen LogP contribution in [0.5, 0.6) is 0 Å². The van der Waals surface area contributed by atoms with Crippen LogP contribution in [0.2, 0.25) is 0 Å². The zero-order chi connectivity index (χ0) is 15.7. The van der Waals surface area contributed by atoms with Crippen molar-refractivity contribution in [3.8, 4) is 0 Å². The number of nitrogens with one attached hydrogen (secondary N) is 2. The molecule has 0 aromatic heterocycles. The van der Waals surface area contributed by atoms with E-state index in [-0.39, 0.29) is 12.1 Å². The number of anilines is 1. The van der Waals surface area contributed by atoms with Crippen LogP contribution in [0.1, 0.15) is 19.4 Å². The van der Waals surface area contributed by atoms with E-state index >= 15 is 0 Å². The zero-order valence-corrected chi connectivity index (χ0v) is 12.1. The van der Waals surface area contributed by atoms with Crippen LogP contribution in [0, 0.1) is 0 Å². The summed E-state index contributed by atoms with van der Waals surface area (Å²) >= 11 is 0. The molecular weight excluding hydrogens is 272 g/mol. The monoisotopic (exact) mass is 292 g/mol. The first-order chi connectivity index (χ1) is 10.0. The van der Waals surface area contributed by atoms with Gasteiger partial charge in [0.1, 0.15) is 0 Å². The van der Waals surface area contributed by atoms with Crippen LogP contribution >= 0.6 is 0 Å². The second-order valence-corrected chi connectivity index (χ2v) is 4.46. The number of benzene rings is 1. The Morgan fingerprint density at radius 2 is 2.19 bits per heavy atom. The molecule has 1 aromatic carbocycles. The molecule has 3 N–H and O–H groups in total. The lowest BCUT2D eigenvalue weighted by Crippen LogP contribution is -2.38. The number of amides is 2. The van der Waals surface area contributed by atoms with Gasteiger partial charge < -0.3 is 20.5 Å². The number of carbonyl (C=O) groups is 2. The van der Waals surface area contributed by atoms with E-state index in [0.717, 1.165) is 6.08 Å². The van der Waals surface area contributed by atoms with Gasteiger partial charge in [0.2, 0.25) is 0 Å². The van der Waals surface area contributed by atoms with Gasteiger partial charge >= 0.3 is 12.0 Å². The lowest BCUT2D eigenvalue weighted by Gasteiger charge is -2.14. The van der Waals surface area contributed by atoms with E-state index in [1.807, 2.05) is 13.8 Å². The summed E-state index contributed by atoms with van der Waals surface area (Å²) in [6.45, 7) is 4.79. The lowest BCUT2D eigenvalue weighted by atomic mass is 10.2. The van der Waals surface area contributed by atoms with E-state index in [1.165, 1.54) is 6.08 Å². The van der Waals surface area contributed by atoms with Crippen molar-refractivity contribution >= 4 is 23.8 Å². The smallest absolute Gasteiger partial charge is 0.328 e. The van der Waals surface area contributed by atoms with E-state index in [9.17, 15) is 9.59 Å². The van der Waals surface area contributed by atoms with Gasteiger partial charge in [-0.25, -0.2) is 9.59 Å². The Morgan fingerprint density at radius 1 is 1.43 bits per heavy atom. The molecule has 21 heavy (non-hydrogen) atoms. The van der Waals surface area contributed by atoms with Gasteiger partial charge in [0.25, 0.3) is 0 Å². The minimum Gasteiger partial charge on any atom is -0.478 e. The highest BCUT2D eigenvalue weighted by molar-refractivity contribution is 5.90. The quantitative estimate of drug-likeness (QED) is 0.673. The highest BCUT2D eigenvalue weighted by atomic mass is 16.5. The number of hydrogen-bond acceptors (Lipinski definition) is 3. The fourth-order valence-electron chi connectivity index (χ4n) is 1.61. The Balaban J connectivity index is 2.56. The van der Waals surface area contributed by atoms with Crippen molar-refractivity contribution in [1.82, 2.24) is 5.32 Å². The number of ether oxygens (including phenoxy) is 1. The van der Waals surface area contributed by atoms with E-state index < -0.39 is 5.97 Å². The fraction of sp³-hybridized carbons (Fsp3) is 0.333. The van der Waals surface area contributed by atoms with Crippen LogP contribution in [0.4, 0.5) is 10.5 Å². The van der Waals surface area contributed by atoms with Crippen molar-refractivity contribution < 1.29 is 19.4 Å². The van der Waals surface area contributed by atoms with Crippen LogP contribution in [-0.2, 0) is 9.53 Å². The number of hydrogen-bond donors (Lipinski definition) is 3. The fourth-order valence-corrected chi connectivity index (χ4v) is 1.61. The molecule has 0 aliphatic heterocycles. The predicted octanol–water partition coefficient (Wildman–Crippen LogP) is 2.33.